The summed E-state index contributed by atoms with van der Waals surface area (Å²) in [5.41, 5.74) is 0.284. The quantitative estimate of drug-likeness (QED) is 0.0786. The Hall–Kier alpha value is -2.36. The maximum Gasteiger partial charge on any atom is 0.187 e. The van der Waals surface area contributed by atoms with Gasteiger partial charge in [0.25, 0.3) is 0 Å². The van der Waals surface area contributed by atoms with Gasteiger partial charge in [-0.15, -0.1) is 27.9 Å². The second kappa shape index (κ2) is 16.1. The molecule has 1 aliphatic carbocycles. The van der Waals surface area contributed by atoms with Crippen molar-refractivity contribution < 1.29 is 49.2 Å². The SMILES string of the molecule is COC([C@@H](OCCn1cc(C2=CC(C)C(c3nn[nH]n3)C=C2)nn1)OC(CO)CO[C@@H]1OC(CO)[C@H](O)CC1O)[C@H](O)S. The number of methoxy groups -OCH3 is 1. The smallest absolute Gasteiger partial charge is 0.187 e. The number of aliphatic hydroxyl groups is 5. The zero-order chi connectivity index (χ0) is 30.9. The van der Waals surface area contributed by atoms with E-state index in [1.807, 2.05) is 12.2 Å². The third-order valence-electron chi connectivity index (χ3n) is 7.11. The van der Waals surface area contributed by atoms with Crippen molar-refractivity contribution in [2.24, 2.45) is 5.92 Å². The van der Waals surface area contributed by atoms with Crippen molar-refractivity contribution >= 4 is 18.2 Å². The topological polar surface area (TPSA) is 232 Å². The lowest BCUT2D eigenvalue weighted by Crippen LogP contribution is -2.51. The molecular weight excluding hydrogens is 590 g/mol. The first-order chi connectivity index (χ1) is 20.7. The molecule has 6 unspecified atom stereocenters. The number of H-pyrrole nitrogens is 1. The van der Waals surface area contributed by atoms with Crippen LogP contribution in [-0.2, 0) is 30.2 Å². The Bertz CT molecular complexity index is 1170. The number of hydrogen-bond acceptors (Lipinski definition) is 16. The Labute approximate surface area is 252 Å². The molecular formula is C25H39N7O10S. The van der Waals surface area contributed by atoms with Gasteiger partial charge in [0, 0.05) is 19.4 Å². The van der Waals surface area contributed by atoms with Crippen LogP contribution in [0, 0.1) is 5.92 Å². The molecule has 6 N–H and O–H groups in total. The first-order valence-corrected chi connectivity index (χ1v) is 14.3. The Morgan fingerprint density at radius 2 is 2.05 bits per heavy atom. The van der Waals surface area contributed by atoms with Crippen molar-refractivity contribution in [3.05, 3.63) is 35.9 Å². The van der Waals surface area contributed by atoms with E-state index in [-0.39, 0.29) is 38.0 Å². The van der Waals surface area contributed by atoms with Gasteiger partial charge in [-0.05, 0) is 11.5 Å². The standard InChI is InChI=1S/C25H39N7O10S/c1-13-7-14(3-4-16(13)22-27-29-30-28-22)17-9-32(31-26-17)5-6-39-25(21(38-2)23(37)43)41-15(10-33)12-40-24-19(36)8-18(35)20(11-34)42-24/h3-4,7,9,13,15-16,18-21,23-25,33-37,43H,5-6,8,10-12H2,1-2H3,(H,27,28,29,30)/t13?,15?,16?,18-,19?,20?,21?,23-,24-,25+/m1/s1. The molecule has 1 saturated heterocycles. The van der Waals surface area contributed by atoms with Gasteiger partial charge < -0.3 is 49.2 Å². The molecule has 2 aliphatic rings. The normalized spacial score (nSPS) is 28.8. The van der Waals surface area contributed by atoms with Crippen LogP contribution in [0.1, 0.15) is 30.8 Å². The molecule has 0 radical (unpaired) electrons. The number of aliphatic hydroxyl groups excluding tert-OH is 5. The third-order valence-corrected chi connectivity index (χ3v) is 7.41. The molecule has 1 fully saturated rings. The highest BCUT2D eigenvalue weighted by molar-refractivity contribution is 7.80. The van der Waals surface area contributed by atoms with Crippen molar-refractivity contribution in [2.75, 3.05) is 33.5 Å². The molecule has 3 heterocycles. The second-order valence-corrected chi connectivity index (χ2v) is 10.8. The number of hydrogen-bond donors (Lipinski definition) is 7. The monoisotopic (exact) mass is 629 g/mol. The molecule has 43 heavy (non-hydrogen) atoms. The minimum atomic E-state index is -1.29. The van der Waals surface area contributed by atoms with Crippen molar-refractivity contribution in [1.82, 2.24) is 35.6 Å². The van der Waals surface area contributed by atoms with Crippen LogP contribution < -0.4 is 0 Å². The first kappa shape index (κ1) is 33.5. The van der Waals surface area contributed by atoms with E-state index in [1.165, 1.54) is 7.11 Å². The maximum atomic E-state index is 10.2. The van der Waals surface area contributed by atoms with Crippen LogP contribution in [-0.4, -0.2) is 143 Å². The van der Waals surface area contributed by atoms with Gasteiger partial charge in [0.05, 0.1) is 45.3 Å². The number of allylic oxidation sites excluding steroid dienone is 4. The number of nitrogens with zero attached hydrogens (tertiary/aromatic N) is 6. The number of aromatic amines is 1. The van der Waals surface area contributed by atoms with Gasteiger partial charge in [-0.1, -0.05) is 35.6 Å². The van der Waals surface area contributed by atoms with Crippen LogP contribution in [0.15, 0.2) is 24.4 Å². The molecule has 1 aliphatic heterocycles. The van der Waals surface area contributed by atoms with E-state index < -0.39 is 61.7 Å². The third kappa shape index (κ3) is 8.85. The Balaban J connectivity index is 1.32. The zero-order valence-corrected chi connectivity index (χ0v) is 24.6. The highest BCUT2D eigenvalue weighted by Crippen LogP contribution is 2.32. The molecule has 0 aromatic carbocycles. The summed E-state index contributed by atoms with van der Waals surface area (Å²) in [5.74, 6) is 0.724. The summed E-state index contributed by atoms with van der Waals surface area (Å²) in [4.78, 5) is 0. The van der Waals surface area contributed by atoms with Gasteiger partial charge >= 0.3 is 0 Å². The lowest BCUT2D eigenvalue weighted by atomic mass is 9.86. The molecule has 0 saturated carbocycles. The molecule has 2 aromatic heterocycles. The van der Waals surface area contributed by atoms with E-state index in [9.17, 15) is 25.5 Å². The minimum Gasteiger partial charge on any atom is -0.394 e. The fraction of sp³-hybridized carbons (Fsp3) is 0.720. The number of rotatable bonds is 16. The van der Waals surface area contributed by atoms with Gasteiger partial charge in [0.1, 0.15) is 35.5 Å². The number of nitrogens with one attached hydrogen (secondary N) is 1. The predicted octanol–water partition coefficient (Wildman–Crippen LogP) is -2.01. The Morgan fingerprint density at radius 3 is 2.70 bits per heavy atom. The maximum absolute atomic E-state index is 10.2. The summed E-state index contributed by atoms with van der Waals surface area (Å²) in [6.07, 6.45) is 0.236. The molecule has 0 bridgehead atoms. The highest BCUT2D eigenvalue weighted by Gasteiger charge is 2.37. The highest BCUT2D eigenvalue weighted by atomic mass is 32.1. The van der Waals surface area contributed by atoms with Crippen molar-refractivity contribution in [1.29, 1.82) is 0 Å². The van der Waals surface area contributed by atoms with Gasteiger partial charge in [-0.3, -0.25) is 0 Å². The van der Waals surface area contributed by atoms with Crippen LogP contribution in [0.25, 0.3) is 5.57 Å². The predicted molar refractivity (Wildman–Crippen MR) is 149 cm³/mol. The molecule has 0 amide bonds. The van der Waals surface area contributed by atoms with Crippen LogP contribution in [0.4, 0.5) is 0 Å². The van der Waals surface area contributed by atoms with Gasteiger partial charge in [0.2, 0.25) is 0 Å². The number of aromatic nitrogens is 7. The number of tetrazole rings is 1. The fourth-order valence-corrected chi connectivity index (χ4v) is 4.98. The number of thiol groups is 1. The summed E-state index contributed by atoms with van der Waals surface area (Å²) < 4.78 is 29.6. The second-order valence-electron chi connectivity index (χ2n) is 10.2. The molecule has 17 nitrogen and oxygen atoms in total. The summed E-state index contributed by atoms with van der Waals surface area (Å²) >= 11 is 4.05. The average Bonchev–Trinajstić information content (AvgIpc) is 3.69. The lowest BCUT2D eigenvalue weighted by Gasteiger charge is -2.37. The van der Waals surface area contributed by atoms with E-state index in [2.05, 4.69) is 56.6 Å². The van der Waals surface area contributed by atoms with Crippen LogP contribution in [0.5, 0.6) is 0 Å². The minimum absolute atomic E-state index is 0.00227. The van der Waals surface area contributed by atoms with Crippen molar-refractivity contribution in [3.63, 3.8) is 0 Å². The lowest BCUT2D eigenvalue weighted by molar-refractivity contribution is -0.289. The first-order valence-electron chi connectivity index (χ1n) is 13.8. The largest absolute Gasteiger partial charge is 0.394 e. The molecule has 240 valence electrons. The van der Waals surface area contributed by atoms with Gasteiger partial charge in [-0.25, -0.2) is 4.68 Å². The summed E-state index contributed by atoms with van der Waals surface area (Å²) in [7, 11) is 1.35. The van der Waals surface area contributed by atoms with Crippen LogP contribution in [0.2, 0.25) is 0 Å². The molecule has 10 atom stereocenters. The fourth-order valence-electron chi connectivity index (χ4n) is 4.72. The van der Waals surface area contributed by atoms with Crippen molar-refractivity contribution in [2.45, 2.75) is 74.3 Å². The zero-order valence-electron chi connectivity index (χ0n) is 23.7. The summed E-state index contributed by atoms with van der Waals surface area (Å²) in [6, 6.07) is 0. The molecule has 4 rings (SSSR count). The molecule has 2 aromatic rings. The Morgan fingerprint density at radius 1 is 1.23 bits per heavy atom. The van der Waals surface area contributed by atoms with Gasteiger partial charge in [0.15, 0.2) is 18.4 Å². The molecule has 0 spiro atoms. The van der Waals surface area contributed by atoms with E-state index in [1.54, 1.807) is 10.9 Å². The van der Waals surface area contributed by atoms with E-state index in [0.29, 0.717) is 11.5 Å². The van der Waals surface area contributed by atoms with E-state index in [4.69, 9.17) is 23.7 Å². The average molecular weight is 630 g/mol. The van der Waals surface area contributed by atoms with E-state index in [0.717, 1.165) is 5.57 Å². The van der Waals surface area contributed by atoms with Crippen molar-refractivity contribution in [3.8, 4) is 0 Å². The number of ether oxygens (including phenoxy) is 5. The van der Waals surface area contributed by atoms with Crippen LogP contribution >= 0.6 is 12.6 Å². The van der Waals surface area contributed by atoms with Crippen LogP contribution in [0.3, 0.4) is 0 Å². The van der Waals surface area contributed by atoms with Gasteiger partial charge in [-0.2, -0.15) is 5.21 Å². The summed E-state index contributed by atoms with van der Waals surface area (Å²) in [5, 5.41) is 72.1. The van der Waals surface area contributed by atoms with E-state index >= 15 is 0 Å². The summed E-state index contributed by atoms with van der Waals surface area (Å²) in [6.45, 7) is 1.19. The Kier molecular flexibility index (Phi) is 12.6. The molecule has 18 heteroatoms.